The molecule has 1 saturated heterocycles. The number of hydrogen-bond acceptors (Lipinski definition) is 8. The molecule has 10 atom stereocenters. The minimum absolute atomic E-state index is 0.0416. The van der Waals surface area contributed by atoms with Crippen molar-refractivity contribution in [1.29, 1.82) is 0 Å². The zero-order chi connectivity index (χ0) is 31.9. The molecule has 2 aromatic rings. The lowest BCUT2D eigenvalue weighted by Gasteiger charge is -2.63. The Balaban J connectivity index is 1.19. The molecule has 1 heterocycles. The van der Waals surface area contributed by atoms with E-state index in [0.29, 0.717) is 5.56 Å². The second kappa shape index (κ2) is 10.6. The van der Waals surface area contributed by atoms with Crippen molar-refractivity contribution >= 4 is 29.0 Å². The Kier molecular flexibility index (Phi) is 7.22. The molecule has 4 fully saturated rings. The van der Waals surface area contributed by atoms with Crippen molar-refractivity contribution < 1.29 is 38.1 Å². The third kappa shape index (κ3) is 4.15. The fraction of sp³-hybridized carbons (Fsp3) is 0.486. The van der Waals surface area contributed by atoms with Crippen LogP contribution in [0.3, 0.4) is 0 Å². The SMILES string of the molecule is CNc1ccc(Sc2ccc([C@H]3O[C@@H]4C[C@H]5[C@@H]6C[C@H](F)C7=CC(=O)C=C[C@]7(C)[C@@]6(F)[C@@H](O)C[C@]5(C)[C@]4(C(=O)CO)O3)cc2)cc1. The molecule has 7 rings (SSSR count). The molecule has 5 aliphatic rings. The quantitative estimate of drug-likeness (QED) is 0.381. The van der Waals surface area contributed by atoms with Gasteiger partial charge in [0.25, 0.3) is 0 Å². The molecule has 7 nitrogen and oxygen atoms in total. The van der Waals surface area contributed by atoms with Gasteiger partial charge in [-0.2, -0.15) is 0 Å². The van der Waals surface area contributed by atoms with E-state index in [0.717, 1.165) is 21.6 Å². The molecule has 3 N–H and O–H groups in total. The predicted octanol–water partition coefficient (Wildman–Crippen LogP) is 5.52. The summed E-state index contributed by atoms with van der Waals surface area (Å²) >= 11 is 1.60. The summed E-state index contributed by atoms with van der Waals surface area (Å²) in [5.74, 6) is -2.59. The van der Waals surface area contributed by atoms with Gasteiger partial charge in [0, 0.05) is 44.8 Å². The number of allylic oxidation sites excluding steroid dienone is 4. The first kappa shape index (κ1) is 30.7. The summed E-state index contributed by atoms with van der Waals surface area (Å²) < 4.78 is 46.3. The monoisotopic (exact) mass is 637 g/mol. The van der Waals surface area contributed by atoms with Crippen molar-refractivity contribution in [3.8, 4) is 0 Å². The Morgan fingerprint density at radius 3 is 2.38 bits per heavy atom. The zero-order valence-corrected chi connectivity index (χ0v) is 26.2. The Morgan fingerprint density at radius 2 is 1.73 bits per heavy atom. The number of anilines is 1. The Labute approximate surface area is 265 Å². The number of aliphatic hydroxyl groups excluding tert-OH is 2. The lowest BCUT2D eigenvalue weighted by Crippen LogP contribution is -2.70. The first-order valence-corrected chi connectivity index (χ1v) is 16.2. The summed E-state index contributed by atoms with van der Waals surface area (Å²) in [6.45, 7) is 2.50. The van der Waals surface area contributed by atoms with E-state index in [-0.39, 0.29) is 24.8 Å². The molecule has 238 valence electrons. The van der Waals surface area contributed by atoms with Crippen LogP contribution >= 0.6 is 11.8 Å². The van der Waals surface area contributed by atoms with Gasteiger partial charge in [-0.05, 0) is 86.2 Å². The van der Waals surface area contributed by atoms with Gasteiger partial charge in [-0.1, -0.05) is 36.9 Å². The molecular formula is C35H37F2NO6S. The van der Waals surface area contributed by atoms with Crippen molar-refractivity contribution in [1.82, 2.24) is 0 Å². The maximum atomic E-state index is 17.6. The van der Waals surface area contributed by atoms with E-state index in [1.165, 1.54) is 12.2 Å². The summed E-state index contributed by atoms with van der Waals surface area (Å²) in [4.78, 5) is 27.9. The van der Waals surface area contributed by atoms with Crippen LogP contribution in [0.5, 0.6) is 0 Å². The standard InChI is InChI=1S/C35H37F2NO6S/c1-32-13-12-21(40)14-26(32)27(36)15-25-24-16-30-35(29(42)18-39,33(24,2)17-28(41)34(25,32)37)44-31(43-30)19-4-8-22(9-5-19)45-23-10-6-20(38-3)7-11-23/h4-14,24-25,27-28,30-31,38-39,41H,15-18H2,1-3H3/t24-,25-,27-,28-,30+,31-,32-,33-,34-,35+/m0/s1. The number of alkyl halides is 2. The smallest absolute Gasteiger partial charge is 0.193 e. The van der Waals surface area contributed by atoms with E-state index in [1.54, 1.807) is 25.6 Å². The van der Waals surface area contributed by atoms with E-state index in [2.05, 4.69) is 5.32 Å². The van der Waals surface area contributed by atoms with Crippen LogP contribution < -0.4 is 5.32 Å². The van der Waals surface area contributed by atoms with Crippen LogP contribution in [0.4, 0.5) is 14.5 Å². The molecule has 10 heteroatoms. The summed E-state index contributed by atoms with van der Waals surface area (Å²) in [6, 6.07) is 15.7. The molecule has 0 bridgehead atoms. The van der Waals surface area contributed by atoms with Crippen LogP contribution in [0, 0.1) is 22.7 Å². The van der Waals surface area contributed by atoms with Crippen molar-refractivity contribution in [2.45, 2.75) is 78.8 Å². The first-order chi connectivity index (χ1) is 21.4. The van der Waals surface area contributed by atoms with Crippen LogP contribution in [0.2, 0.25) is 0 Å². The van der Waals surface area contributed by atoms with Crippen molar-refractivity contribution in [2.75, 3.05) is 19.0 Å². The number of ether oxygens (including phenoxy) is 2. The van der Waals surface area contributed by atoms with Crippen LogP contribution in [0.1, 0.15) is 45.0 Å². The van der Waals surface area contributed by atoms with Crippen molar-refractivity contribution in [2.24, 2.45) is 22.7 Å². The highest BCUT2D eigenvalue weighted by Gasteiger charge is 2.80. The fourth-order valence-electron chi connectivity index (χ4n) is 9.23. The topological polar surface area (TPSA) is 105 Å². The van der Waals surface area contributed by atoms with Crippen LogP contribution in [0.15, 0.2) is 82.1 Å². The third-order valence-corrected chi connectivity index (χ3v) is 12.5. The Bertz CT molecular complexity index is 1600. The average Bonchev–Trinajstić information content (AvgIpc) is 3.53. The highest BCUT2D eigenvalue weighted by molar-refractivity contribution is 7.99. The van der Waals surface area contributed by atoms with E-state index < -0.39 is 76.8 Å². The van der Waals surface area contributed by atoms with Gasteiger partial charge >= 0.3 is 0 Å². The molecule has 1 aliphatic heterocycles. The minimum Gasteiger partial charge on any atom is -0.390 e. The number of fused-ring (bicyclic) bond motifs is 7. The molecule has 0 spiro atoms. The second-order valence-electron chi connectivity index (χ2n) is 13.4. The van der Waals surface area contributed by atoms with E-state index in [4.69, 9.17) is 9.47 Å². The molecule has 4 aliphatic carbocycles. The molecule has 2 aromatic carbocycles. The fourth-order valence-corrected chi connectivity index (χ4v) is 10.0. The summed E-state index contributed by atoms with van der Waals surface area (Å²) in [5.41, 5.74) is -4.90. The Morgan fingerprint density at radius 1 is 1.07 bits per heavy atom. The maximum Gasteiger partial charge on any atom is 0.193 e. The van der Waals surface area contributed by atoms with Crippen LogP contribution in [0.25, 0.3) is 0 Å². The summed E-state index contributed by atoms with van der Waals surface area (Å²) in [7, 11) is 1.87. The van der Waals surface area contributed by atoms with Gasteiger partial charge < -0.3 is 25.0 Å². The lowest BCUT2D eigenvalue weighted by atomic mass is 9.44. The molecular weight excluding hydrogens is 600 g/mol. The highest BCUT2D eigenvalue weighted by Crippen LogP contribution is 2.72. The van der Waals surface area contributed by atoms with Gasteiger partial charge in [0.15, 0.2) is 29.1 Å². The van der Waals surface area contributed by atoms with Gasteiger partial charge in [0.1, 0.15) is 12.8 Å². The molecule has 0 unspecified atom stereocenters. The summed E-state index contributed by atoms with van der Waals surface area (Å²) in [6.07, 6.45) is -1.37. The number of halogens is 2. The van der Waals surface area contributed by atoms with Gasteiger partial charge in [0.05, 0.1) is 12.2 Å². The molecule has 0 aromatic heterocycles. The van der Waals surface area contributed by atoms with Gasteiger partial charge in [0.2, 0.25) is 0 Å². The Hall–Kier alpha value is -2.89. The number of aliphatic hydroxyl groups is 2. The van der Waals surface area contributed by atoms with Gasteiger partial charge in [-0.3, -0.25) is 9.59 Å². The third-order valence-electron chi connectivity index (χ3n) is 11.5. The number of rotatable bonds is 6. The van der Waals surface area contributed by atoms with Crippen molar-refractivity contribution in [3.05, 3.63) is 77.9 Å². The predicted molar refractivity (Wildman–Crippen MR) is 164 cm³/mol. The van der Waals surface area contributed by atoms with Gasteiger partial charge in [-0.25, -0.2) is 8.78 Å². The van der Waals surface area contributed by atoms with E-state index in [9.17, 15) is 19.8 Å². The zero-order valence-electron chi connectivity index (χ0n) is 25.3. The molecule has 45 heavy (non-hydrogen) atoms. The average molecular weight is 638 g/mol. The number of benzene rings is 2. The van der Waals surface area contributed by atoms with Crippen LogP contribution in [-0.2, 0) is 19.1 Å². The van der Waals surface area contributed by atoms with Crippen molar-refractivity contribution in [3.63, 3.8) is 0 Å². The number of carbonyl (C=O) groups is 2. The second-order valence-corrected chi connectivity index (χ2v) is 14.6. The number of hydrogen-bond donors (Lipinski definition) is 3. The normalized spacial score (nSPS) is 41.5. The molecule has 0 radical (unpaired) electrons. The van der Waals surface area contributed by atoms with Gasteiger partial charge in [-0.15, -0.1) is 0 Å². The number of carbonyl (C=O) groups excluding carboxylic acids is 2. The molecule has 3 saturated carbocycles. The summed E-state index contributed by atoms with van der Waals surface area (Å²) in [5, 5.41) is 24.9. The largest absolute Gasteiger partial charge is 0.390 e. The first-order valence-electron chi connectivity index (χ1n) is 15.4. The number of ketones is 2. The highest BCUT2D eigenvalue weighted by atomic mass is 32.2. The molecule has 0 amide bonds. The van der Waals surface area contributed by atoms with E-state index >= 15 is 8.78 Å². The maximum absolute atomic E-state index is 17.6. The number of nitrogens with one attached hydrogen (secondary N) is 1. The minimum atomic E-state index is -2.29. The van der Waals surface area contributed by atoms with E-state index in [1.807, 2.05) is 55.6 Å². The number of Topliss-reactive ketones (excluding diaryl/α,β-unsaturated/α-hetero) is 1. The lowest BCUT2D eigenvalue weighted by molar-refractivity contribution is -0.235. The van der Waals surface area contributed by atoms with Crippen LogP contribution in [-0.4, -0.2) is 65.1 Å².